The van der Waals surface area contributed by atoms with E-state index in [9.17, 15) is 13.2 Å². The van der Waals surface area contributed by atoms with Crippen LogP contribution in [0.25, 0.3) is 0 Å². The molecule has 0 saturated carbocycles. The van der Waals surface area contributed by atoms with Crippen molar-refractivity contribution in [2.24, 2.45) is 5.84 Å². The van der Waals surface area contributed by atoms with Gasteiger partial charge in [-0.15, -0.1) is 0 Å². The van der Waals surface area contributed by atoms with Gasteiger partial charge in [-0.25, -0.2) is 20.8 Å². The van der Waals surface area contributed by atoms with E-state index in [2.05, 4.69) is 20.4 Å². The third-order valence-corrected chi connectivity index (χ3v) is 3.66. The molecule has 0 spiro atoms. The Hall–Kier alpha value is -1.87. The first kappa shape index (κ1) is 15.5. The van der Waals surface area contributed by atoms with Crippen LogP contribution in [0.5, 0.6) is 0 Å². The molecule has 3 N–H and O–H groups in total. The Morgan fingerprint density at radius 2 is 2.00 bits per heavy atom. The quantitative estimate of drug-likeness (QED) is 0.513. The van der Waals surface area contributed by atoms with Gasteiger partial charge in [-0.3, -0.25) is 0 Å². The minimum Gasteiger partial charge on any atom is -0.308 e. The van der Waals surface area contributed by atoms with Crippen molar-refractivity contribution in [3.8, 4) is 0 Å². The number of hydrogen-bond donors (Lipinski definition) is 2. The molecule has 112 valence electrons. The molecular weight excluding hydrogens is 303 g/mol. The van der Waals surface area contributed by atoms with Crippen molar-refractivity contribution >= 4 is 17.6 Å². The monoisotopic (exact) mass is 315 g/mol. The maximum atomic E-state index is 12.5. The smallest absolute Gasteiger partial charge is 0.308 e. The molecule has 2 aromatic heterocycles. The van der Waals surface area contributed by atoms with E-state index in [0.29, 0.717) is 22.3 Å². The lowest BCUT2D eigenvalue weighted by atomic mass is 10.2. The first-order valence-corrected chi connectivity index (χ1v) is 6.79. The SMILES string of the molecule is CCc1c(NN)ncnc1Sc1ccc(C(F)(F)F)cn1. The number of nitrogen functional groups attached to an aromatic ring is 1. The lowest BCUT2D eigenvalue weighted by molar-refractivity contribution is -0.137. The molecule has 0 atom stereocenters. The van der Waals surface area contributed by atoms with E-state index in [1.807, 2.05) is 6.92 Å². The van der Waals surface area contributed by atoms with Crippen molar-refractivity contribution in [2.75, 3.05) is 5.43 Å². The second kappa shape index (κ2) is 6.27. The van der Waals surface area contributed by atoms with E-state index in [0.717, 1.165) is 29.6 Å². The highest BCUT2D eigenvalue weighted by molar-refractivity contribution is 7.99. The average molecular weight is 315 g/mol. The number of hydrazine groups is 1. The number of alkyl halides is 3. The fraction of sp³-hybridized carbons (Fsp3) is 0.250. The predicted molar refractivity (Wildman–Crippen MR) is 72.6 cm³/mol. The summed E-state index contributed by atoms with van der Waals surface area (Å²) in [6, 6.07) is 2.30. The average Bonchev–Trinajstić information content (AvgIpc) is 2.46. The summed E-state index contributed by atoms with van der Waals surface area (Å²) in [7, 11) is 0. The molecule has 0 fully saturated rings. The Bertz CT molecular complexity index is 615. The minimum absolute atomic E-state index is 0.416. The van der Waals surface area contributed by atoms with Crippen LogP contribution in [-0.2, 0) is 12.6 Å². The number of anilines is 1. The van der Waals surface area contributed by atoms with E-state index < -0.39 is 11.7 Å². The molecule has 0 radical (unpaired) electrons. The van der Waals surface area contributed by atoms with Crippen LogP contribution in [0.15, 0.2) is 34.7 Å². The molecule has 0 bridgehead atoms. The van der Waals surface area contributed by atoms with Gasteiger partial charge < -0.3 is 5.43 Å². The fourth-order valence-corrected chi connectivity index (χ4v) is 2.54. The second-order valence-electron chi connectivity index (χ2n) is 3.99. The first-order chi connectivity index (χ1) is 9.95. The van der Waals surface area contributed by atoms with E-state index >= 15 is 0 Å². The molecule has 2 rings (SSSR count). The van der Waals surface area contributed by atoms with Crippen LogP contribution in [-0.4, -0.2) is 15.0 Å². The standard InChI is InChI=1S/C12H12F3N5S/c1-2-8-10(20-16)18-6-19-11(8)21-9-4-3-7(5-17-9)12(13,14)15/h3-6H,2,16H2,1H3,(H,18,19,20). The van der Waals surface area contributed by atoms with E-state index in [1.54, 1.807) is 0 Å². The van der Waals surface area contributed by atoms with E-state index in [4.69, 9.17) is 5.84 Å². The number of pyridine rings is 1. The summed E-state index contributed by atoms with van der Waals surface area (Å²) in [5, 5.41) is 1.02. The van der Waals surface area contributed by atoms with Gasteiger partial charge in [0, 0.05) is 11.8 Å². The van der Waals surface area contributed by atoms with Gasteiger partial charge in [0.1, 0.15) is 22.2 Å². The highest BCUT2D eigenvalue weighted by atomic mass is 32.2. The highest BCUT2D eigenvalue weighted by Crippen LogP contribution is 2.33. The van der Waals surface area contributed by atoms with Crippen molar-refractivity contribution < 1.29 is 13.2 Å². The maximum absolute atomic E-state index is 12.5. The fourth-order valence-electron chi connectivity index (χ4n) is 1.63. The van der Waals surface area contributed by atoms with Crippen LogP contribution < -0.4 is 11.3 Å². The van der Waals surface area contributed by atoms with Crippen molar-refractivity contribution in [3.63, 3.8) is 0 Å². The molecule has 0 aliphatic carbocycles. The summed E-state index contributed by atoms with van der Waals surface area (Å²) in [5.41, 5.74) is 2.47. The molecule has 9 heteroatoms. The highest BCUT2D eigenvalue weighted by Gasteiger charge is 2.30. The lowest BCUT2D eigenvalue weighted by Gasteiger charge is -2.10. The van der Waals surface area contributed by atoms with Crippen LogP contribution >= 0.6 is 11.8 Å². The second-order valence-corrected chi connectivity index (χ2v) is 5.00. The third-order valence-electron chi connectivity index (χ3n) is 2.66. The Kier molecular flexibility index (Phi) is 4.63. The molecule has 2 aromatic rings. The van der Waals surface area contributed by atoms with Gasteiger partial charge in [0.15, 0.2) is 0 Å². The van der Waals surface area contributed by atoms with Crippen LogP contribution in [0.1, 0.15) is 18.1 Å². The van der Waals surface area contributed by atoms with Gasteiger partial charge in [0.2, 0.25) is 0 Å². The van der Waals surface area contributed by atoms with E-state index in [1.165, 1.54) is 12.4 Å². The molecule has 0 aliphatic rings. The Labute approximate surface area is 123 Å². The maximum Gasteiger partial charge on any atom is 0.417 e. The summed E-state index contributed by atoms with van der Waals surface area (Å²) in [6.07, 6.45) is -1.63. The molecule has 0 aliphatic heterocycles. The van der Waals surface area contributed by atoms with Crippen molar-refractivity contribution in [1.29, 1.82) is 0 Å². The molecule has 2 heterocycles. The first-order valence-electron chi connectivity index (χ1n) is 5.97. The normalized spacial score (nSPS) is 11.5. The van der Waals surface area contributed by atoms with Crippen molar-refractivity contribution in [1.82, 2.24) is 15.0 Å². The van der Waals surface area contributed by atoms with Gasteiger partial charge in [-0.2, -0.15) is 13.2 Å². The van der Waals surface area contributed by atoms with Crippen LogP contribution in [0.2, 0.25) is 0 Å². The largest absolute Gasteiger partial charge is 0.417 e. The zero-order chi connectivity index (χ0) is 15.5. The summed E-state index contributed by atoms with van der Waals surface area (Å²) < 4.78 is 37.4. The molecule has 0 saturated heterocycles. The zero-order valence-electron chi connectivity index (χ0n) is 11.0. The summed E-state index contributed by atoms with van der Waals surface area (Å²) in [6.45, 7) is 1.91. The van der Waals surface area contributed by atoms with E-state index in [-0.39, 0.29) is 0 Å². The van der Waals surface area contributed by atoms with Gasteiger partial charge in [-0.1, -0.05) is 6.92 Å². The van der Waals surface area contributed by atoms with Gasteiger partial charge in [0.05, 0.1) is 5.56 Å². The topological polar surface area (TPSA) is 76.7 Å². The van der Waals surface area contributed by atoms with Crippen LogP contribution in [0.3, 0.4) is 0 Å². The number of rotatable bonds is 4. The summed E-state index contributed by atoms with van der Waals surface area (Å²) in [4.78, 5) is 11.9. The number of hydrogen-bond acceptors (Lipinski definition) is 6. The summed E-state index contributed by atoms with van der Waals surface area (Å²) >= 11 is 1.16. The van der Waals surface area contributed by atoms with Crippen molar-refractivity contribution in [3.05, 3.63) is 35.8 Å². The van der Waals surface area contributed by atoms with Crippen molar-refractivity contribution in [2.45, 2.75) is 29.6 Å². The van der Waals surface area contributed by atoms with Gasteiger partial charge in [0.25, 0.3) is 0 Å². The van der Waals surface area contributed by atoms with Gasteiger partial charge >= 0.3 is 6.18 Å². The molecule has 5 nitrogen and oxygen atoms in total. The lowest BCUT2D eigenvalue weighted by Crippen LogP contribution is -2.12. The number of halogens is 3. The van der Waals surface area contributed by atoms with Crippen LogP contribution in [0, 0.1) is 0 Å². The number of aromatic nitrogens is 3. The molecule has 0 aromatic carbocycles. The molecule has 0 amide bonds. The molecule has 0 unspecified atom stereocenters. The Balaban J connectivity index is 2.26. The Morgan fingerprint density at radius 1 is 1.24 bits per heavy atom. The number of nitrogens with two attached hydrogens (primary N) is 1. The minimum atomic E-state index is -4.39. The molecule has 21 heavy (non-hydrogen) atoms. The number of nitrogens with one attached hydrogen (secondary N) is 1. The third kappa shape index (κ3) is 3.61. The predicted octanol–water partition coefficient (Wildman–Crippen LogP) is 2.89. The summed E-state index contributed by atoms with van der Waals surface area (Å²) in [5.74, 6) is 5.85. The zero-order valence-corrected chi connectivity index (χ0v) is 11.8. The number of nitrogens with zero attached hydrogens (tertiary/aromatic N) is 3. The molecular formula is C12H12F3N5S. The Morgan fingerprint density at radius 3 is 2.52 bits per heavy atom. The van der Waals surface area contributed by atoms with Crippen LogP contribution in [0.4, 0.5) is 19.0 Å². The van der Waals surface area contributed by atoms with Gasteiger partial charge in [-0.05, 0) is 30.3 Å².